The lowest BCUT2D eigenvalue weighted by Gasteiger charge is -2.23. The van der Waals surface area contributed by atoms with Crippen molar-refractivity contribution in [2.45, 2.75) is 58.5 Å². The van der Waals surface area contributed by atoms with Gasteiger partial charge in [-0.15, -0.1) is 0 Å². The Hall–Kier alpha value is -0.150. The second-order valence-electron chi connectivity index (χ2n) is 5.13. The van der Waals surface area contributed by atoms with E-state index in [1.807, 2.05) is 0 Å². The van der Waals surface area contributed by atoms with Crippen LogP contribution in [0, 0.1) is 5.41 Å². The average Bonchev–Trinajstić information content (AvgIpc) is 2.64. The molecule has 1 aliphatic carbocycles. The van der Waals surface area contributed by atoms with Crippen molar-refractivity contribution in [1.82, 2.24) is 0 Å². The molecule has 0 radical (unpaired) electrons. The third-order valence-corrected chi connectivity index (χ3v) is 3.82. The molecule has 0 aliphatic heterocycles. The van der Waals surface area contributed by atoms with E-state index in [4.69, 9.17) is 22.7 Å². The lowest BCUT2D eigenvalue weighted by Crippen LogP contribution is -2.30. The third kappa shape index (κ3) is 4.47. The molecule has 15 heavy (non-hydrogen) atoms. The van der Waals surface area contributed by atoms with Crippen molar-refractivity contribution in [3.05, 3.63) is 0 Å². The molecule has 2 nitrogen and oxygen atoms in total. The summed E-state index contributed by atoms with van der Waals surface area (Å²) in [6, 6.07) is 0. The van der Waals surface area contributed by atoms with Gasteiger partial charge < -0.3 is 10.5 Å². The minimum Gasteiger partial charge on any atom is -0.393 e. The molecule has 0 saturated heterocycles. The molecule has 0 aromatic carbocycles. The smallest absolute Gasteiger partial charge is 0.0784 e. The van der Waals surface area contributed by atoms with Gasteiger partial charge in [-0.05, 0) is 25.7 Å². The van der Waals surface area contributed by atoms with E-state index in [0.29, 0.717) is 11.1 Å². The van der Waals surface area contributed by atoms with Crippen molar-refractivity contribution < 1.29 is 4.74 Å². The van der Waals surface area contributed by atoms with Gasteiger partial charge in [0.25, 0.3) is 0 Å². The monoisotopic (exact) mass is 229 g/mol. The predicted molar refractivity (Wildman–Crippen MR) is 68.0 cm³/mol. The fourth-order valence-corrected chi connectivity index (χ4v) is 2.04. The second-order valence-corrected chi connectivity index (χ2v) is 5.57. The SMILES string of the molecule is CC(C)(CCCOC1CCCC1)C(N)=S. The van der Waals surface area contributed by atoms with Crippen LogP contribution in [0.25, 0.3) is 0 Å². The third-order valence-electron chi connectivity index (χ3n) is 3.27. The molecule has 0 amide bonds. The summed E-state index contributed by atoms with van der Waals surface area (Å²) in [5, 5.41) is 0. The first-order valence-electron chi connectivity index (χ1n) is 5.94. The van der Waals surface area contributed by atoms with E-state index in [-0.39, 0.29) is 5.41 Å². The van der Waals surface area contributed by atoms with Gasteiger partial charge in [0, 0.05) is 12.0 Å². The number of thiocarbonyl (C=S) groups is 1. The van der Waals surface area contributed by atoms with Gasteiger partial charge >= 0.3 is 0 Å². The summed E-state index contributed by atoms with van der Waals surface area (Å²) in [5.74, 6) is 0. The highest BCUT2D eigenvalue weighted by molar-refractivity contribution is 7.80. The van der Waals surface area contributed by atoms with Crippen LogP contribution >= 0.6 is 12.2 Å². The molecule has 0 heterocycles. The van der Waals surface area contributed by atoms with Crippen LogP contribution in [0.3, 0.4) is 0 Å². The zero-order valence-electron chi connectivity index (χ0n) is 9.92. The molecule has 0 aromatic rings. The molecule has 0 atom stereocenters. The molecule has 1 rings (SSSR count). The van der Waals surface area contributed by atoms with Crippen LogP contribution in [0.5, 0.6) is 0 Å². The molecule has 3 heteroatoms. The van der Waals surface area contributed by atoms with Crippen molar-refractivity contribution in [1.29, 1.82) is 0 Å². The Kier molecular flexibility index (Phi) is 5.00. The van der Waals surface area contributed by atoms with Crippen LogP contribution < -0.4 is 5.73 Å². The number of rotatable bonds is 6. The highest BCUT2D eigenvalue weighted by Crippen LogP contribution is 2.24. The predicted octanol–water partition coefficient (Wildman–Crippen LogP) is 3.04. The Morgan fingerprint density at radius 3 is 2.53 bits per heavy atom. The second kappa shape index (κ2) is 5.80. The summed E-state index contributed by atoms with van der Waals surface area (Å²) in [4.78, 5) is 0.614. The Morgan fingerprint density at radius 1 is 1.40 bits per heavy atom. The Balaban J connectivity index is 2.08. The van der Waals surface area contributed by atoms with Crippen LogP contribution in [0.2, 0.25) is 0 Å². The van der Waals surface area contributed by atoms with Gasteiger partial charge in [-0.25, -0.2) is 0 Å². The lowest BCUT2D eigenvalue weighted by atomic mass is 9.88. The largest absolute Gasteiger partial charge is 0.393 e. The normalized spacial score (nSPS) is 18.3. The molecular weight excluding hydrogens is 206 g/mol. The van der Waals surface area contributed by atoms with Crippen LogP contribution in [-0.4, -0.2) is 17.7 Å². The van der Waals surface area contributed by atoms with Gasteiger partial charge in [0.2, 0.25) is 0 Å². The first kappa shape index (κ1) is 12.9. The molecule has 1 fully saturated rings. The minimum absolute atomic E-state index is 0.0195. The molecule has 0 spiro atoms. The summed E-state index contributed by atoms with van der Waals surface area (Å²) >= 11 is 5.03. The summed E-state index contributed by atoms with van der Waals surface area (Å²) in [6.07, 6.45) is 7.78. The van der Waals surface area contributed by atoms with Gasteiger partial charge in [-0.1, -0.05) is 38.9 Å². The number of hydrogen-bond donors (Lipinski definition) is 1. The summed E-state index contributed by atoms with van der Waals surface area (Å²) in [7, 11) is 0. The first-order chi connectivity index (χ1) is 7.02. The van der Waals surface area contributed by atoms with E-state index in [0.717, 1.165) is 19.4 Å². The molecule has 0 aromatic heterocycles. The molecular formula is C12H23NOS. The highest BCUT2D eigenvalue weighted by atomic mass is 32.1. The number of nitrogens with two attached hydrogens (primary N) is 1. The van der Waals surface area contributed by atoms with E-state index in [1.54, 1.807) is 0 Å². The van der Waals surface area contributed by atoms with Crippen LogP contribution in [0.1, 0.15) is 52.4 Å². The maximum absolute atomic E-state index is 5.79. The molecule has 0 unspecified atom stereocenters. The van der Waals surface area contributed by atoms with Gasteiger partial charge in [0.15, 0.2) is 0 Å². The average molecular weight is 229 g/mol. The van der Waals surface area contributed by atoms with Crippen LogP contribution in [0.15, 0.2) is 0 Å². The minimum atomic E-state index is -0.0195. The van der Waals surface area contributed by atoms with E-state index in [9.17, 15) is 0 Å². The van der Waals surface area contributed by atoms with E-state index < -0.39 is 0 Å². The van der Waals surface area contributed by atoms with Crippen molar-refractivity contribution in [3.8, 4) is 0 Å². The first-order valence-corrected chi connectivity index (χ1v) is 6.35. The molecule has 1 saturated carbocycles. The maximum atomic E-state index is 5.79. The van der Waals surface area contributed by atoms with Crippen LogP contribution in [0.4, 0.5) is 0 Å². The topological polar surface area (TPSA) is 35.2 Å². The fourth-order valence-electron chi connectivity index (χ4n) is 1.94. The van der Waals surface area contributed by atoms with E-state index >= 15 is 0 Å². The van der Waals surface area contributed by atoms with Crippen molar-refractivity contribution in [3.63, 3.8) is 0 Å². The van der Waals surface area contributed by atoms with Gasteiger partial charge in [0.05, 0.1) is 11.1 Å². The number of ether oxygens (including phenoxy) is 1. The highest BCUT2D eigenvalue weighted by Gasteiger charge is 2.21. The van der Waals surface area contributed by atoms with E-state index in [2.05, 4.69) is 13.8 Å². The molecule has 0 bridgehead atoms. The molecule has 1 aliphatic rings. The maximum Gasteiger partial charge on any atom is 0.0784 e. The van der Waals surface area contributed by atoms with Crippen molar-refractivity contribution >= 4 is 17.2 Å². The molecule has 88 valence electrons. The van der Waals surface area contributed by atoms with Crippen LogP contribution in [-0.2, 0) is 4.74 Å². The van der Waals surface area contributed by atoms with Crippen molar-refractivity contribution in [2.75, 3.05) is 6.61 Å². The zero-order chi connectivity index (χ0) is 11.3. The van der Waals surface area contributed by atoms with Gasteiger partial charge in [-0.2, -0.15) is 0 Å². The fraction of sp³-hybridized carbons (Fsp3) is 0.917. The quantitative estimate of drug-likeness (QED) is 0.561. The summed E-state index contributed by atoms with van der Waals surface area (Å²) in [6.45, 7) is 5.06. The summed E-state index contributed by atoms with van der Waals surface area (Å²) < 4.78 is 5.79. The lowest BCUT2D eigenvalue weighted by molar-refractivity contribution is 0.0533. The Bertz CT molecular complexity index is 210. The Morgan fingerprint density at radius 2 is 2.00 bits per heavy atom. The number of hydrogen-bond acceptors (Lipinski definition) is 2. The van der Waals surface area contributed by atoms with Gasteiger partial charge in [0.1, 0.15) is 0 Å². The zero-order valence-corrected chi connectivity index (χ0v) is 10.7. The molecule has 2 N–H and O–H groups in total. The standard InChI is InChI=1S/C12H23NOS/c1-12(2,11(13)15)8-5-9-14-10-6-3-4-7-10/h10H,3-9H2,1-2H3,(H2,13,15). The van der Waals surface area contributed by atoms with Crippen molar-refractivity contribution in [2.24, 2.45) is 11.1 Å². The Labute approximate surface area is 98.6 Å². The van der Waals surface area contributed by atoms with Gasteiger partial charge in [-0.3, -0.25) is 0 Å². The van der Waals surface area contributed by atoms with E-state index in [1.165, 1.54) is 25.7 Å². The summed E-state index contributed by atoms with van der Waals surface area (Å²) in [5.41, 5.74) is 5.65.